The molecule has 1 heterocycles. The number of aryl methyl sites for hydroxylation is 1. The number of rotatable bonds is 5. The summed E-state index contributed by atoms with van der Waals surface area (Å²) in [7, 11) is 1.92. The Kier molecular flexibility index (Phi) is 4.47. The van der Waals surface area contributed by atoms with Gasteiger partial charge in [0.1, 0.15) is 0 Å². The average Bonchev–Trinajstić information content (AvgIpc) is 3.02. The molecule has 1 aliphatic rings. The van der Waals surface area contributed by atoms with Gasteiger partial charge < -0.3 is 15.0 Å². The van der Waals surface area contributed by atoms with Crippen LogP contribution in [0.25, 0.3) is 0 Å². The first-order chi connectivity index (χ1) is 9.52. The van der Waals surface area contributed by atoms with Crippen LogP contribution in [0.15, 0.2) is 18.3 Å². The minimum absolute atomic E-state index is 0.130. The van der Waals surface area contributed by atoms with Crippen LogP contribution in [0.2, 0.25) is 0 Å². The van der Waals surface area contributed by atoms with Crippen molar-refractivity contribution in [2.45, 2.75) is 32.7 Å². The van der Waals surface area contributed by atoms with E-state index in [-0.39, 0.29) is 5.91 Å². The molecule has 0 aliphatic heterocycles. The second kappa shape index (κ2) is 6.11. The van der Waals surface area contributed by atoms with Gasteiger partial charge in [0.05, 0.1) is 18.4 Å². The zero-order valence-corrected chi connectivity index (χ0v) is 12.0. The summed E-state index contributed by atoms with van der Waals surface area (Å²) in [5, 5.41) is 12.1. The van der Waals surface area contributed by atoms with Crippen LogP contribution in [0.1, 0.15) is 31.9 Å². The van der Waals surface area contributed by atoms with Crippen LogP contribution in [-0.4, -0.2) is 21.6 Å². The van der Waals surface area contributed by atoms with E-state index in [9.17, 15) is 14.7 Å². The molecule has 1 saturated carbocycles. The molecule has 110 valence electrons. The highest BCUT2D eigenvalue weighted by Crippen LogP contribution is 2.38. The van der Waals surface area contributed by atoms with E-state index < -0.39 is 17.8 Å². The fourth-order valence-corrected chi connectivity index (χ4v) is 3.03. The molecule has 0 spiro atoms. The first-order valence-electron chi connectivity index (χ1n) is 7.13. The second-order valence-corrected chi connectivity index (χ2v) is 5.63. The fraction of sp³-hybridized carbons (Fsp3) is 0.600. The first kappa shape index (κ1) is 14.6. The lowest BCUT2D eigenvalue weighted by molar-refractivity contribution is -0.146. The van der Waals surface area contributed by atoms with Crippen LogP contribution in [0.5, 0.6) is 0 Å². The molecular weight excluding hydrogens is 256 g/mol. The van der Waals surface area contributed by atoms with Gasteiger partial charge in [0.25, 0.3) is 0 Å². The summed E-state index contributed by atoms with van der Waals surface area (Å²) in [6.07, 6.45) is 4.16. The molecule has 0 saturated heterocycles. The number of amides is 1. The minimum atomic E-state index is -0.847. The Morgan fingerprint density at radius 1 is 1.40 bits per heavy atom. The van der Waals surface area contributed by atoms with Crippen molar-refractivity contribution < 1.29 is 14.7 Å². The molecule has 2 rings (SSSR count). The highest BCUT2D eigenvalue weighted by Gasteiger charge is 2.41. The number of carbonyl (C=O) groups is 2. The zero-order chi connectivity index (χ0) is 14.7. The van der Waals surface area contributed by atoms with E-state index in [2.05, 4.69) is 5.32 Å². The van der Waals surface area contributed by atoms with Gasteiger partial charge in [-0.25, -0.2) is 0 Å². The van der Waals surface area contributed by atoms with Gasteiger partial charge in [0, 0.05) is 18.9 Å². The molecule has 1 aromatic rings. The lowest BCUT2D eigenvalue weighted by Gasteiger charge is -2.15. The lowest BCUT2D eigenvalue weighted by atomic mass is 9.95. The Labute approximate surface area is 119 Å². The quantitative estimate of drug-likeness (QED) is 0.862. The number of hydrogen-bond donors (Lipinski definition) is 2. The van der Waals surface area contributed by atoms with Gasteiger partial charge in [-0.3, -0.25) is 9.59 Å². The van der Waals surface area contributed by atoms with Crippen molar-refractivity contribution in [2.24, 2.45) is 24.8 Å². The van der Waals surface area contributed by atoms with E-state index in [1.807, 2.05) is 36.9 Å². The normalized spacial score (nSPS) is 25.6. The molecule has 20 heavy (non-hydrogen) atoms. The predicted octanol–water partition coefficient (Wildman–Crippen LogP) is 1.78. The topological polar surface area (TPSA) is 71.3 Å². The minimum Gasteiger partial charge on any atom is -0.481 e. The molecule has 1 amide bonds. The van der Waals surface area contributed by atoms with Gasteiger partial charge in [-0.05, 0) is 30.9 Å². The maximum atomic E-state index is 12.2. The van der Waals surface area contributed by atoms with Crippen molar-refractivity contribution in [3.05, 3.63) is 24.0 Å². The standard InChI is InChI=1S/C15H22N2O3/c1-3-10-7-12(13(8-10)15(19)20)14(18)16-9-11-5-4-6-17(11)2/h4-6,10,12-13H,3,7-9H2,1-2H3,(H,16,18)(H,19,20). The SMILES string of the molecule is CCC1CC(C(=O)O)C(C(=O)NCc2cccn2C)C1. The smallest absolute Gasteiger partial charge is 0.307 e. The number of carboxylic acids is 1. The van der Waals surface area contributed by atoms with Crippen LogP contribution in [-0.2, 0) is 23.2 Å². The number of aromatic nitrogens is 1. The summed E-state index contributed by atoms with van der Waals surface area (Å²) in [5.74, 6) is -1.55. The number of aliphatic carboxylic acids is 1. The van der Waals surface area contributed by atoms with Crippen LogP contribution in [0.4, 0.5) is 0 Å². The summed E-state index contributed by atoms with van der Waals surface area (Å²) in [5.41, 5.74) is 1.01. The molecule has 0 aromatic carbocycles. The first-order valence-corrected chi connectivity index (χ1v) is 7.13. The Bertz CT molecular complexity index is 495. The van der Waals surface area contributed by atoms with Gasteiger partial charge in [-0.1, -0.05) is 13.3 Å². The molecule has 3 atom stereocenters. The van der Waals surface area contributed by atoms with E-state index in [1.165, 1.54) is 0 Å². The molecule has 1 aliphatic carbocycles. The molecule has 1 aromatic heterocycles. The van der Waals surface area contributed by atoms with Crippen molar-refractivity contribution in [2.75, 3.05) is 0 Å². The third kappa shape index (κ3) is 3.03. The van der Waals surface area contributed by atoms with Gasteiger partial charge in [-0.15, -0.1) is 0 Å². The Morgan fingerprint density at radius 3 is 2.65 bits per heavy atom. The van der Waals surface area contributed by atoms with Gasteiger partial charge in [-0.2, -0.15) is 0 Å². The summed E-state index contributed by atoms with van der Waals surface area (Å²) in [6, 6.07) is 3.86. The Morgan fingerprint density at radius 2 is 2.10 bits per heavy atom. The summed E-state index contributed by atoms with van der Waals surface area (Å²) >= 11 is 0. The van der Waals surface area contributed by atoms with Crippen LogP contribution >= 0.6 is 0 Å². The fourth-order valence-electron chi connectivity index (χ4n) is 3.03. The maximum absolute atomic E-state index is 12.2. The van der Waals surface area contributed by atoms with E-state index in [4.69, 9.17) is 0 Å². The zero-order valence-electron chi connectivity index (χ0n) is 12.0. The molecule has 0 radical (unpaired) electrons. The monoisotopic (exact) mass is 278 g/mol. The lowest BCUT2D eigenvalue weighted by Crippen LogP contribution is -2.35. The molecule has 0 bridgehead atoms. The molecular formula is C15H22N2O3. The van der Waals surface area contributed by atoms with Crippen molar-refractivity contribution in [1.82, 2.24) is 9.88 Å². The summed E-state index contributed by atoms with van der Waals surface area (Å²) in [4.78, 5) is 23.5. The largest absolute Gasteiger partial charge is 0.481 e. The number of hydrogen-bond acceptors (Lipinski definition) is 2. The number of carbonyl (C=O) groups excluding carboxylic acids is 1. The van der Waals surface area contributed by atoms with Crippen molar-refractivity contribution in [3.8, 4) is 0 Å². The van der Waals surface area contributed by atoms with Crippen molar-refractivity contribution in [1.29, 1.82) is 0 Å². The van der Waals surface area contributed by atoms with E-state index in [1.54, 1.807) is 0 Å². The van der Waals surface area contributed by atoms with Crippen molar-refractivity contribution >= 4 is 11.9 Å². The molecule has 5 heteroatoms. The molecule has 2 N–H and O–H groups in total. The highest BCUT2D eigenvalue weighted by atomic mass is 16.4. The average molecular weight is 278 g/mol. The van der Waals surface area contributed by atoms with Gasteiger partial charge in [0.15, 0.2) is 0 Å². The predicted molar refractivity (Wildman–Crippen MR) is 74.9 cm³/mol. The van der Waals surface area contributed by atoms with Gasteiger partial charge >= 0.3 is 5.97 Å². The van der Waals surface area contributed by atoms with Crippen LogP contribution in [0, 0.1) is 17.8 Å². The molecule has 5 nitrogen and oxygen atoms in total. The maximum Gasteiger partial charge on any atom is 0.307 e. The summed E-state index contributed by atoms with van der Waals surface area (Å²) < 4.78 is 1.94. The number of nitrogens with one attached hydrogen (secondary N) is 1. The Hall–Kier alpha value is -1.78. The highest BCUT2D eigenvalue weighted by molar-refractivity contribution is 5.85. The summed E-state index contributed by atoms with van der Waals surface area (Å²) in [6.45, 7) is 2.50. The Balaban J connectivity index is 1.97. The van der Waals surface area contributed by atoms with Crippen LogP contribution < -0.4 is 5.32 Å². The molecule has 1 fully saturated rings. The number of nitrogens with zero attached hydrogens (tertiary/aromatic N) is 1. The van der Waals surface area contributed by atoms with E-state index in [0.717, 1.165) is 12.1 Å². The van der Waals surface area contributed by atoms with Crippen molar-refractivity contribution in [3.63, 3.8) is 0 Å². The third-order valence-electron chi connectivity index (χ3n) is 4.39. The second-order valence-electron chi connectivity index (χ2n) is 5.63. The van der Waals surface area contributed by atoms with Gasteiger partial charge in [0.2, 0.25) is 5.91 Å². The van der Waals surface area contributed by atoms with E-state index >= 15 is 0 Å². The third-order valence-corrected chi connectivity index (χ3v) is 4.39. The molecule has 3 unspecified atom stereocenters. The van der Waals surface area contributed by atoms with Crippen LogP contribution in [0.3, 0.4) is 0 Å². The number of carboxylic acid groups (broad SMARTS) is 1. The van der Waals surface area contributed by atoms with E-state index in [0.29, 0.717) is 25.3 Å².